The zero-order valence-electron chi connectivity index (χ0n) is 8.79. The van der Waals surface area contributed by atoms with Crippen LogP contribution in [0.5, 0.6) is 0 Å². The molecule has 2 rings (SSSR count). The zero-order valence-corrected chi connectivity index (χ0v) is 8.79. The normalized spacial score (nSPS) is 20.9. The lowest BCUT2D eigenvalue weighted by molar-refractivity contribution is 0.130. The number of fused-ring (bicyclic) bond motifs is 1. The van der Waals surface area contributed by atoms with E-state index in [2.05, 4.69) is 28.1 Å². The van der Waals surface area contributed by atoms with Gasteiger partial charge in [-0.25, -0.2) is 0 Å². The SMILES string of the molecule is CCOCc1cc2n(n1)C[C@@H](C)NC2. The van der Waals surface area contributed by atoms with Crippen LogP contribution in [0.2, 0.25) is 0 Å². The molecule has 4 nitrogen and oxygen atoms in total. The van der Waals surface area contributed by atoms with Crippen molar-refractivity contribution < 1.29 is 4.74 Å². The van der Waals surface area contributed by atoms with Crippen LogP contribution in [-0.4, -0.2) is 22.4 Å². The van der Waals surface area contributed by atoms with Gasteiger partial charge in [0, 0.05) is 19.2 Å². The third-order valence-corrected chi connectivity index (χ3v) is 2.45. The maximum absolute atomic E-state index is 5.33. The molecule has 78 valence electrons. The Balaban J connectivity index is 2.07. The van der Waals surface area contributed by atoms with Crippen molar-refractivity contribution in [2.75, 3.05) is 6.61 Å². The standard InChI is InChI=1S/C10H17N3O/c1-3-14-7-9-4-10-5-11-8(2)6-13(10)12-9/h4,8,11H,3,5-7H2,1-2H3/t8-/m1/s1. The van der Waals surface area contributed by atoms with Gasteiger partial charge in [0.05, 0.1) is 24.5 Å². The van der Waals surface area contributed by atoms with E-state index in [4.69, 9.17) is 4.74 Å². The smallest absolute Gasteiger partial charge is 0.0906 e. The van der Waals surface area contributed by atoms with Crippen molar-refractivity contribution in [1.29, 1.82) is 0 Å². The summed E-state index contributed by atoms with van der Waals surface area (Å²) in [6.45, 7) is 7.43. The largest absolute Gasteiger partial charge is 0.375 e. The van der Waals surface area contributed by atoms with Crippen molar-refractivity contribution in [2.45, 2.75) is 39.6 Å². The first-order valence-electron chi connectivity index (χ1n) is 5.16. The molecule has 1 N–H and O–H groups in total. The van der Waals surface area contributed by atoms with E-state index in [0.29, 0.717) is 12.6 Å². The van der Waals surface area contributed by atoms with Crippen LogP contribution in [0, 0.1) is 0 Å². The second-order valence-electron chi connectivity index (χ2n) is 3.73. The number of rotatable bonds is 3. The second kappa shape index (κ2) is 4.11. The van der Waals surface area contributed by atoms with Crippen LogP contribution in [0.3, 0.4) is 0 Å². The fraction of sp³-hybridized carbons (Fsp3) is 0.700. The van der Waals surface area contributed by atoms with Crippen molar-refractivity contribution in [2.24, 2.45) is 0 Å². The molecule has 0 unspecified atom stereocenters. The van der Waals surface area contributed by atoms with Gasteiger partial charge in [0.15, 0.2) is 0 Å². The van der Waals surface area contributed by atoms with Crippen molar-refractivity contribution in [3.05, 3.63) is 17.5 Å². The lowest BCUT2D eigenvalue weighted by atomic mass is 10.2. The second-order valence-corrected chi connectivity index (χ2v) is 3.73. The molecule has 0 bridgehead atoms. The highest BCUT2D eigenvalue weighted by molar-refractivity contribution is 5.11. The molecule has 0 amide bonds. The van der Waals surface area contributed by atoms with Crippen molar-refractivity contribution in [3.63, 3.8) is 0 Å². The van der Waals surface area contributed by atoms with E-state index in [-0.39, 0.29) is 0 Å². The summed E-state index contributed by atoms with van der Waals surface area (Å²) < 4.78 is 7.41. The molecule has 1 atom stereocenters. The fourth-order valence-corrected chi connectivity index (χ4v) is 1.70. The lowest BCUT2D eigenvalue weighted by Gasteiger charge is -2.21. The van der Waals surface area contributed by atoms with Crippen molar-refractivity contribution in [3.8, 4) is 0 Å². The van der Waals surface area contributed by atoms with Crippen LogP contribution in [-0.2, 0) is 24.4 Å². The molecular formula is C10H17N3O. The molecule has 2 heterocycles. The molecule has 0 spiro atoms. The van der Waals surface area contributed by atoms with E-state index in [1.54, 1.807) is 0 Å². The Morgan fingerprint density at radius 3 is 3.36 bits per heavy atom. The summed E-state index contributed by atoms with van der Waals surface area (Å²) in [5.74, 6) is 0. The first-order valence-corrected chi connectivity index (χ1v) is 5.16. The highest BCUT2D eigenvalue weighted by Crippen LogP contribution is 2.11. The Kier molecular flexibility index (Phi) is 2.84. The van der Waals surface area contributed by atoms with Gasteiger partial charge < -0.3 is 10.1 Å². The molecule has 14 heavy (non-hydrogen) atoms. The van der Waals surface area contributed by atoms with Crippen molar-refractivity contribution >= 4 is 0 Å². The van der Waals surface area contributed by atoms with Crippen LogP contribution in [0.1, 0.15) is 25.2 Å². The summed E-state index contributed by atoms with van der Waals surface area (Å²) in [5.41, 5.74) is 2.30. The average Bonchev–Trinajstić information content (AvgIpc) is 2.56. The monoisotopic (exact) mass is 195 g/mol. The highest BCUT2D eigenvalue weighted by atomic mass is 16.5. The van der Waals surface area contributed by atoms with Crippen LogP contribution < -0.4 is 5.32 Å². The Bertz CT molecular complexity index is 308. The Labute approximate surface area is 84.3 Å². The van der Waals surface area contributed by atoms with E-state index >= 15 is 0 Å². The van der Waals surface area contributed by atoms with Gasteiger partial charge in [0.2, 0.25) is 0 Å². The minimum atomic E-state index is 0.516. The molecule has 0 saturated carbocycles. The van der Waals surface area contributed by atoms with Gasteiger partial charge in [-0.15, -0.1) is 0 Å². The van der Waals surface area contributed by atoms with Crippen LogP contribution in [0.25, 0.3) is 0 Å². The van der Waals surface area contributed by atoms with Gasteiger partial charge in [-0.3, -0.25) is 4.68 Å². The van der Waals surface area contributed by atoms with Crippen LogP contribution >= 0.6 is 0 Å². The third-order valence-electron chi connectivity index (χ3n) is 2.45. The van der Waals surface area contributed by atoms with E-state index in [0.717, 1.165) is 25.4 Å². The lowest BCUT2D eigenvalue weighted by Crippen LogP contribution is -2.36. The summed E-state index contributed by atoms with van der Waals surface area (Å²) in [5, 5.41) is 7.90. The van der Waals surface area contributed by atoms with E-state index < -0.39 is 0 Å². The van der Waals surface area contributed by atoms with E-state index in [1.807, 2.05) is 6.92 Å². The fourth-order valence-electron chi connectivity index (χ4n) is 1.70. The van der Waals surface area contributed by atoms with Gasteiger partial charge in [0.1, 0.15) is 0 Å². The molecule has 1 aliphatic rings. The van der Waals surface area contributed by atoms with E-state index in [1.165, 1.54) is 5.69 Å². The average molecular weight is 195 g/mol. The number of nitrogens with one attached hydrogen (secondary N) is 1. The molecular weight excluding hydrogens is 178 g/mol. The summed E-state index contributed by atoms with van der Waals surface area (Å²) in [6.07, 6.45) is 0. The van der Waals surface area contributed by atoms with E-state index in [9.17, 15) is 0 Å². The highest BCUT2D eigenvalue weighted by Gasteiger charge is 2.15. The maximum Gasteiger partial charge on any atom is 0.0906 e. The molecule has 0 radical (unpaired) electrons. The summed E-state index contributed by atoms with van der Waals surface area (Å²) in [6, 6.07) is 2.64. The van der Waals surface area contributed by atoms with Gasteiger partial charge in [-0.2, -0.15) is 5.10 Å². The Morgan fingerprint density at radius 1 is 1.71 bits per heavy atom. The minimum Gasteiger partial charge on any atom is -0.375 e. The number of ether oxygens (including phenoxy) is 1. The summed E-state index contributed by atoms with van der Waals surface area (Å²) in [7, 11) is 0. The third kappa shape index (κ3) is 1.96. The Morgan fingerprint density at radius 2 is 2.57 bits per heavy atom. The molecule has 0 saturated heterocycles. The molecule has 4 heteroatoms. The van der Waals surface area contributed by atoms with Gasteiger partial charge >= 0.3 is 0 Å². The molecule has 0 aromatic carbocycles. The molecule has 1 aromatic rings. The molecule has 1 aliphatic heterocycles. The first kappa shape index (κ1) is 9.68. The van der Waals surface area contributed by atoms with Gasteiger partial charge in [-0.05, 0) is 19.9 Å². The van der Waals surface area contributed by atoms with Gasteiger partial charge in [-0.1, -0.05) is 0 Å². The number of hydrogen-bond acceptors (Lipinski definition) is 3. The predicted octanol–water partition coefficient (Wildman–Crippen LogP) is 0.911. The number of hydrogen-bond donors (Lipinski definition) is 1. The summed E-state index contributed by atoms with van der Waals surface area (Å²) >= 11 is 0. The first-order chi connectivity index (χ1) is 6.79. The minimum absolute atomic E-state index is 0.516. The number of nitrogens with zero attached hydrogens (tertiary/aromatic N) is 2. The quantitative estimate of drug-likeness (QED) is 0.779. The predicted molar refractivity (Wildman–Crippen MR) is 53.9 cm³/mol. The molecule has 1 aromatic heterocycles. The Hall–Kier alpha value is -0.870. The zero-order chi connectivity index (χ0) is 9.97. The molecule has 0 aliphatic carbocycles. The van der Waals surface area contributed by atoms with Crippen LogP contribution in [0.15, 0.2) is 6.07 Å². The van der Waals surface area contributed by atoms with Crippen molar-refractivity contribution in [1.82, 2.24) is 15.1 Å². The van der Waals surface area contributed by atoms with Gasteiger partial charge in [0.25, 0.3) is 0 Å². The summed E-state index contributed by atoms with van der Waals surface area (Å²) in [4.78, 5) is 0. The topological polar surface area (TPSA) is 39.1 Å². The molecule has 0 fully saturated rings. The van der Waals surface area contributed by atoms with Crippen LogP contribution in [0.4, 0.5) is 0 Å². The number of aromatic nitrogens is 2. The maximum atomic E-state index is 5.33.